The lowest BCUT2D eigenvalue weighted by atomic mass is 9.78. The Morgan fingerprint density at radius 3 is 2.25 bits per heavy atom. The van der Waals surface area contributed by atoms with Gasteiger partial charge in [-0.05, 0) is 88.9 Å². The molecule has 1 fully saturated rings. The lowest BCUT2D eigenvalue weighted by molar-refractivity contribution is -0.660. The molecule has 2 aromatic heterocycles. The van der Waals surface area contributed by atoms with Crippen LogP contribution in [-0.4, -0.2) is 0 Å². The van der Waals surface area contributed by atoms with Gasteiger partial charge in [0.05, 0.1) is 11.1 Å². The van der Waals surface area contributed by atoms with Crippen LogP contribution in [0.25, 0.3) is 44.3 Å². The number of nitrogens with zero attached hydrogens (tertiary/aromatic N) is 1. The highest BCUT2D eigenvalue weighted by atomic mass is 19.1. The number of benzene rings is 3. The Hall–Kier alpha value is -3.46. The summed E-state index contributed by atoms with van der Waals surface area (Å²) in [6, 6.07) is 18.1. The van der Waals surface area contributed by atoms with Crippen molar-refractivity contribution < 1.29 is 14.7 Å². The maximum atomic E-state index is 16.2. The zero-order chi connectivity index (χ0) is 28.9. The van der Waals surface area contributed by atoms with Crippen LogP contribution >= 0.6 is 0 Å². The third kappa shape index (κ3) is 3.62. The van der Waals surface area contributed by atoms with Crippen molar-refractivity contribution in [3.63, 3.8) is 0 Å². The highest BCUT2D eigenvalue weighted by Crippen LogP contribution is 2.57. The van der Waals surface area contributed by atoms with E-state index < -0.39 is 5.89 Å². The molecule has 2 heterocycles. The number of furan rings is 1. The van der Waals surface area contributed by atoms with E-state index in [9.17, 15) is 1.37 Å². The van der Waals surface area contributed by atoms with Crippen LogP contribution in [0.1, 0.15) is 89.3 Å². The number of aryl methyl sites for hydroxylation is 2. The molecule has 0 radical (unpaired) electrons. The second-order valence-corrected chi connectivity index (χ2v) is 13.4. The summed E-state index contributed by atoms with van der Waals surface area (Å²) in [5, 5.41) is 1.92. The smallest absolute Gasteiger partial charge is 0.216 e. The maximum absolute atomic E-state index is 16.2. The zero-order valence-corrected chi connectivity index (χ0v) is 24.5. The van der Waals surface area contributed by atoms with E-state index in [0.717, 1.165) is 76.4 Å². The molecule has 2 aliphatic carbocycles. The van der Waals surface area contributed by atoms with Gasteiger partial charge in [0.2, 0.25) is 5.69 Å². The Bertz CT molecular complexity index is 1870. The zero-order valence-electron chi connectivity index (χ0n) is 25.5. The van der Waals surface area contributed by atoms with Gasteiger partial charge in [-0.1, -0.05) is 64.8 Å². The minimum absolute atomic E-state index is 0.106. The van der Waals surface area contributed by atoms with Crippen molar-refractivity contribution >= 4 is 21.9 Å². The molecule has 2 aliphatic rings. The third-order valence-electron chi connectivity index (χ3n) is 9.58. The first kappa shape index (κ1) is 24.3. The summed E-state index contributed by atoms with van der Waals surface area (Å²) in [5.74, 6) is -0.834. The summed E-state index contributed by atoms with van der Waals surface area (Å²) < 4.78 is 34.5. The summed E-state index contributed by atoms with van der Waals surface area (Å²) in [6.07, 6.45) is 6.97. The quantitative estimate of drug-likeness (QED) is 0.211. The first-order valence-electron chi connectivity index (χ1n) is 15.2. The third-order valence-corrected chi connectivity index (χ3v) is 9.58. The Labute approximate surface area is 238 Å². The Morgan fingerprint density at radius 2 is 1.52 bits per heavy atom. The van der Waals surface area contributed by atoms with Gasteiger partial charge in [-0.3, -0.25) is 0 Å². The fourth-order valence-electron chi connectivity index (χ4n) is 8.19. The predicted octanol–water partition coefficient (Wildman–Crippen LogP) is 9.81. The number of rotatable bonds is 3. The molecular weight excluding hydrogens is 493 g/mol. The molecule has 0 unspecified atom stereocenters. The summed E-state index contributed by atoms with van der Waals surface area (Å²) in [7, 11) is 2.04. The van der Waals surface area contributed by atoms with E-state index in [-0.39, 0.29) is 16.6 Å². The number of pyridine rings is 1. The number of fused-ring (bicyclic) bond motifs is 4. The lowest BCUT2D eigenvalue weighted by Gasteiger charge is -2.26. The van der Waals surface area contributed by atoms with Crippen LogP contribution in [0.2, 0.25) is 0 Å². The van der Waals surface area contributed by atoms with Crippen LogP contribution in [0.15, 0.2) is 65.2 Å². The molecule has 40 heavy (non-hydrogen) atoms. The monoisotopic (exact) mass is 533 g/mol. The van der Waals surface area contributed by atoms with Crippen LogP contribution in [0.5, 0.6) is 0 Å². The van der Waals surface area contributed by atoms with Gasteiger partial charge in [0.15, 0.2) is 6.20 Å². The first-order chi connectivity index (χ1) is 19.4. The number of aromatic nitrogens is 1. The molecule has 1 saturated carbocycles. The summed E-state index contributed by atoms with van der Waals surface area (Å²) in [5.41, 5.74) is 9.38. The fourth-order valence-corrected chi connectivity index (χ4v) is 8.19. The maximum Gasteiger partial charge on any atom is 0.216 e. The van der Waals surface area contributed by atoms with Crippen molar-refractivity contribution in [2.75, 3.05) is 0 Å². The molecule has 0 aliphatic heterocycles. The van der Waals surface area contributed by atoms with E-state index >= 15 is 4.39 Å². The number of halogens is 1. The normalized spacial score (nSPS) is 19.3. The van der Waals surface area contributed by atoms with E-state index in [1.807, 2.05) is 31.4 Å². The SMILES string of the molecule is [2H]C1(c2ccc(-c3c(F)ccc4c3oc3c(-c5cccc[n+]5C)c(C)ccc34)c3c2C(C)(C)CC3(C)C)CCCC1. The van der Waals surface area contributed by atoms with Gasteiger partial charge in [-0.15, -0.1) is 0 Å². The standard InChI is InChI=1S/C37H39FNO/c1-22-14-15-25-26-18-19-28(38)31(35(26)40-34(25)30(22)29-13-9-10-20-39(29)6)27-17-16-24(23-11-7-8-12-23)32-33(27)37(4,5)21-36(32,2)3/h9-10,13-20,23H,7-8,11-12,21H2,1-6H3/q+1/i23D. The summed E-state index contributed by atoms with van der Waals surface area (Å²) in [4.78, 5) is 0. The highest BCUT2D eigenvalue weighted by molar-refractivity contribution is 6.13. The molecule has 7 rings (SSSR count). The number of hydrogen-bond acceptors (Lipinski definition) is 1. The number of hydrogen-bond donors (Lipinski definition) is 0. The molecule has 3 heteroatoms. The predicted molar refractivity (Wildman–Crippen MR) is 162 cm³/mol. The molecule has 3 aromatic carbocycles. The van der Waals surface area contributed by atoms with Crippen LogP contribution < -0.4 is 4.57 Å². The van der Waals surface area contributed by atoms with Crippen molar-refractivity contribution in [2.45, 2.75) is 83.4 Å². The van der Waals surface area contributed by atoms with Crippen molar-refractivity contribution in [1.29, 1.82) is 0 Å². The van der Waals surface area contributed by atoms with Crippen LogP contribution in [0.4, 0.5) is 4.39 Å². The molecule has 0 spiro atoms. The Kier molecular flexibility index (Phi) is 5.34. The largest absolute Gasteiger partial charge is 0.454 e. The second-order valence-electron chi connectivity index (χ2n) is 13.4. The van der Waals surface area contributed by atoms with Crippen molar-refractivity contribution in [3.05, 3.63) is 88.9 Å². The fraction of sp³-hybridized carbons (Fsp3) is 0.378. The topological polar surface area (TPSA) is 17.0 Å². The van der Waals surface area contributed by atoms with Gasteiger partial charge in [0.1, 0.15) is 24.0 Å². The van der Waals surface area contributed by atoms with Crippen molar-refractivity contribution in [3.8, 4) is 22.4 Å². The van der Waals surface area contributed by atoms with Gasteiger partial charge in [0.25, 0.3) is 0 Å². The molecule has 0 N–H and O–H groups in total. The average Bonchev–Trinajstić information content (AvgIpc) is 3.57. The van der Waals surface area contributed by atoms with Crippen LogP contribution in [0, 0.1) is 12.7 Å². The minimum Gasteiger partial charge on any atom is -0.454 e. The summed E-state index contributed by atoms with van der Waals surface area (Å²) >= 11 is 0. The molecule has 0 amide bonds. The van der Waals surface area contributed by atoms with Crippen LogP contribution in [-0.2, 0) is 17.9 Å². The van der Waals surface area contributed by atoms with E-state index in [1.165, 1.54) is 11.1 Å². The molecule has 0 atom stereocenters. The average molecular weight is 534 g/mol. The Morgan fingerprint density at radius 1 is 0.850 bits per heavy atom. The minimum atomic E-state index is -0.568. The van der Waals surface area contributed by atoms with Crippen LogP contribution in [0.3, 0.4) is 0 Å². The molecule has 204 valence electrons. The molecule has 2 nitrogen and oxygen atoms in total. The van der Waals surface area contributed by atoms with Gasteiger partial charge < -0.3 is 4.42 Å². The second kappa shape index (κ2) is 8.77. The van der Waals surface area contributed by atoms with Gasteiger partial charge >= 0.3 is 0 Å². The van der Waals surface area contributed by atoms with E-state index in [0.29, 0.717) is 11.1 Å². The highest BCUT2D eigenvalue weighted by Gasteiger charge is 2.46. The van der Waals surface area contributed by atoms with E-state index in [4.69, 9.17) is 4.42 Å². The van der Waals surface area contributed by atoms with Crippen molar-refractivity contribution in [1.82, 2.24) is 0 Å². The lowest BCUT2D eigenvalue weighted by Crippen LogP contribution is -2.30. The Balaban J connectivity index is 1.57. The molecular formula is C37H39FNO+. The van der Waals surface area contributed by atoms with Gasteiger partial charge in [0, 0.05) is 24.3 Å². The molecule has 0 saturated heterocycles. The van der Waals surface area contributed by atoms with E-state index in [1.54, 1.807) is 6.07 Å². The molecule has 5 aromatic rings. The van der Waals surface area contributed by atoms with E-state index in [2.05, 4.69) is 69.5 Å². The summed E-state index contributed by atoms with van der Waals surface area (Å²) in [6.45, 7) is 11.3. The van der Waals surface area contributed by atoms with Gasteiger partial charge in [-0.2, -0.15) is 0 Å². The molecule has 0 bridgehead atoms. The van der Waals surface area contributed by atoms with Crippen molar-refractivity contribution in [2.24, 2.45) is 7.05 Å². The first-order valence-corrected chi connectivity index (χ1v) is 14.7. The van der Waals surface area contributed by atoms with Gasteiger partial charge in [-0.25, -0.2) is 8.96 Å².